The molecular weight excluding hydrogens is 719 g/mol. The number of carbonyl (C=O) groups is 1. The Labute approximate surface area is 295 Å². The molecule has 3 aromatic carbocycles. The molecule has 9 nitrogen and oxygen atoms in total. The first-order valence-corrected chi connectivity index (χ1v) is 17.5. The van der Waals surface area contributed by atoms with E-state index in [2.05, 4.69) is 20.4 Å². The molecule has 0 saturated carbocycles. The fourth-order valence-electron chi connectivity index (χ4n) is 6.33. The summed E-state index contributed by atoms with van der Waals surface area (Å²) < 4.78 is 128. The van der Waals surface area contributed by atoms with Gasteiger partial charge in [0.15, 0.2) is 0 Å². The van der Waals surface area contributed by atoms with Crippen molar-refractivity contribution < 1.29 is 48.7 Å². The molecule has 0 spiro atoms. The maximum atomic E-state index is 15.2. The molecule has 1 aliphatic rings. The van der Waals surface area contributed by atoms with Gasteiger partial charge in [-0.05, 0) is 85.8 Å². The number of aromatic nitrogens is 1. The molecule has 4 atom stereocenters. The lowest BCUT2D eigenvalue weighted by atomic mass is 9.84. The van der Waals surface area contributed by atoms with Crippen molar-refractivity contribution in [3.05, 3.63) is 119 Å². The minimum absolute atomic E-state index is 0.00441. The number of anilines is 1. The molecule has 1 aliphatic heterocycles. The van der Waals surface area contributed by atoms with Gasteiger partial charge in [0.1, 0.15) is 29.0 Å². The zero-order valence-corrected chi connectivity index (χ0v) is 28.3. The van der Waals surface area contributed by atoms with Crippen LogP contribution in [0.5, 0.6) is 5.75 Å². The number of rotatable bonds is 12. The van der Waals surface area contributed by atoms with E-state index in [1.165, 1.54) is 22.6 Å². The number of piperazine rings is 1. The quantitative estimate of drug-likeness (QED) is 0.152. The molecule has 1 saturated heterocycles. The Bertz CT molecular complexity index is 1960. The van der Waals surface area contributed by atoms with Gasteiger partial charge in [-0.2, -0.15) is 4.31 Å². The number of nitrogens with two attached hydrogens (primary N) is 1. The highest BCUT2D eigenvalue weighted by atomic mass is 32.2. The minimum Gasteiger partial charge on any atom is -0.406 e. The number of hydrogen-bond donors (Lipinski definition) is 3. The Morgan fingerprint density at radius 3 is 2.25 bits per heavy atom. The first kappa shape index (κ1) is 38.6. The number of nitrogens with zero attached hydrogens (tertiary/aromatic N) is 2. The molecule has 0 bridgehead atoms. The van der Waals surface area contributed by atoms with Gasteiger partial charge in [-0.15, -0.1) is 13.2 Å². The minimum atomic E-state index is -4.95. The highest BCUT2D eigenvalue weighted by molar-refractivity contribution is 7.89. The van der Waals surface area contributed by atoms with Crippen molar-refractivity contribution >= 4 is 21.6 Å². The van der Waals surface area contributed by atoms with E-state index < -0.39 is 75.4 Å². The molecule has 1 fully saturated rings. The molecular formula is C35H34F7N5O4S. The zero-order valence-electron chi connectivity index (χ0n) is 27.5. The number of benzene rings is 3. The summed E-state index contributed by atoms with van der Waals surface area (Å²) in [4.78, 5) is 17.1. The second kappa shape index (κ2) is 16.0. The van der Waals surface area contributed by atoms with Crippen LogP contribution in [-0.4, -0.2) is 61.2 Å². The number of sulfonamides is 1. The van der Waals surface area contributed by atoms with Crippen molar-refractivity contribution in [1.29, 1.82) is 0 Å². The number of pyridine rings is 1. The molecule has 2 heterocycles. The van der Waals surface area contributed by atoms with Crippen molar-refractivity contribution in [3.63, 3.8) is 0 Å². The molecule has 1 amide bonds. The topological polar surface area (TPSA) is 127 Å². The molecule has 278 valence electrons. The summed E-state index contributed by atoms with van der Waals surface area (Å²) in [6, 6.07) is 8.73. The predicted octanol–water partition coefficient (Wildman–Crippen LogP) is 6.01. The molecule has 5 rings (SSSR count). The molecule has 0 aliphatic carbocycles. The van der Waals surface area contributed by atoms with Gasteiger partial charge >= 0.3 is 6.36 Å². The van der Waals surface area contributed by atoms with Gasteiger partial charge in [0, 0.05) is 42.7 Å². The van der Waals surface area contributed by atoms with Gasteiger partial charge < -0.3 is 21.1 Å². The first-order chi connectivity index (χ1) is 24.5. The number of nitrogens with one attached hydrogen (secondary N) is 2. The fraction of sp³-hybridized carbons (Fsp3) is 0.314. The Hall–Kier alpha value is -4.58. The van der Waals surface area contributed by atoms with Crippen LogP contribution in [0.3, 0.4) is 0 Å². The van der Waals surface area contributed by atoms with E-state index in [1.807, 2.05) is 0 Å². The van der Waals surface area contributed by atoms with Gasteiger partial charge in [-0.25, -0.2) is 26.0 Å². The van der Waals surface area contributed by atoms with Crippen molar-refractivity contribution in [2.75, 3.05) is 18.4 Å². The first-order valence-electron chi connectivity index (χ1n) is 16.0. The van der Waals surface area contributed by atoms with E-state index >= 15 is 4.39 Å². The van der Waals surface area contributed by atoms with Gasteiger partial charge in [0.2, 0.25) is 15.9 Å². The maximum Gasteiger partial charge on any atom is 0.573 e. The van der Waals surface area contributed by atoms with Crippen LogP contribution in [0.4, 0.5) is 36.4 Å². The molecule has 1 aromatic heterocycles. The van der Waals surface area contributed by atoms with Gasteiger partial charge in [-0.1, -0.05) is 12.1 Å². The van der Waals surface area contributed by atoms with Gasteiger partial charge in [0.05, 0.1) is 29.0 Å². The SMILES string of the molecule is C[C@@H]1CNC[C@H](CCCc2c(F)cncc2NC(=O)[C@@H](N)[C@@H](c2ccc(F)cc2)c2cc(F)cc(F)c2)N1S(=O)(=O)c1ccc(OC(F)(F)F)cc1. The average Bonchev–Trinajstić information content (AvgIpc) is 3.06. The van der Waals surface area contributed by atoms with Crippen molar-refractivity contribution in [2.24, 2.45) is 5.73 Å². The Morgan fingerprint density at radius 1 is 0.962 bits per heavy atom. The molecule has 4 N–H and O–H groups in total. The average molecular weight is 754 g/mol. The number of halogens is 7. The van der Waals surface area contributed by atoms with E-state index in [9.17, 15) is 39.6 Å². The number of ether oxygens (including phenoxy) is 1. The third-order valence-corrected chi connectivity index (χ3v) is 10.7. The molecule has 0 unspecified atom stereocenters. The van der Waals surface area contributed by atoms with Crippen molar-refractivity contribution in [2.45, 2.75) is 61.5 Å². The third kappa shape index (κ3) is 9.25. The Kier molecular flexibility index (Phi) is 11.9. The normalized spacial score (nSPS) is 18.1. The molecule has 17 heteroatoms. The van der Waals surface area contributed by atoms with E-state index in [-0.39, 0.29) is 53.1 Å². The standard InChI is InChI=1S/C35H34F7N5O4S/c1-20-16-44-17-26(47(20)52(49,50)28-11-9-27(10-12-28)51-35(40,41)42)3-2-4-29-30(39)18-45-19-31(29)46-34(48)33(43)32(21-5-7-23(36)8-6-21)22-13-24(37)15-25(38)14-22/h5-15,18-20,26,32-33,44H,2-4,16-17,43H2,1H3,(H,46,48)/t20-,26+,32+,33+/m1/s1. The summed E-state index contributed by atoms with van der Waals surface area (Å²) in [6.45, 7) is 2.22. The van der Waals surface area contributed by atoms with Gasteiger partial charge in [0.25, 0.3) is 0 Å². The van der Waals surface area contributed by atoms with Crippen LogP contribution >= 0.6 is 0 Å². The lowest BCUT2D eigenvalue weighted by Crippen LogP contribution is -2.58. The highest BCUT2D eigenvalue weighted by Crippen LogP contribution is 2.32. The van der Waals surface area contributed by atoms with Crippen LogP contribution < -0.4 is 21.1 Å². The van der Waals surface area contributed by atoms with Crippen LogP contribution in [0.1, 0.15) is 42.4 Å². The largest absolute Gasteiger partial charge is 0.573 e. The third-order valence-electron chi connectivity index (χ3n) is 8.61. The van der Waals surface area contributed by atoms with Crippen molar-refractivity contribution in [1.82, 2.24) is 14.6 Å². The predicted molar refractivity (Wildman–Crippen MR) is 177 cm³/mol. The van der Waals surface area contributed by atoms with Crippen molar-refractivity contribution in [3.8, 4) is 5.75 Å². The van der Waals surface area contributed by atoms with E-state index in [0.29, 0.717) is 12.6 Å². The molecule has 52 heavy (non-hydrogen) atoms. The van der Waals surface area contributed by atoms with Crippen LogP contribution in [0.15, 0.2) is 84.0 Å². The van der Waals surface area contributed by atoms with E-state index in [1.54, 1.807) is 6.92 Å². The van der Waals surface area contributed by atoms with Crippen LogP contribution in [0.25, 0.3) is 0 Å². The van der Waals surface area contributed by atoms with E-state index in [0.717, 1.165) is 54.7 Å². The second-order valence-corrected chi connectivity index (χ2v) is 14.1. The number of carbonyl (C=O) groups excluding carboxylic acids is 1. The van der Waals surface area contributed by atoms with Crippen LogP contribution in [0.2, 0.25) is 0 Å². The van der Waals surface area contributed by atoms with Crippen LogP contribution in [0, 0.1) is 23.3 Å². The summed E-state index contributed by atoms with van der Waals surface area (Å²) in [5.74, 6) is -5.78. The number of amides is 1. The molecule has 4 aromatic rings. The van der Waals surface area contributed by atoms with Crippen LogP contribution in [-0.2, 0) is 21.2 Å². The summed E-state index contributed by atoms with van der Waals surface area (Å²) in [7, 11) is -4.19. The summed E-state index contributed by atoms with van der Waals surface area (Å²) in [5, 5.41) is 5.71. The number of alkyl halides is 3. The maximum absolute atomic E-state index is 15.2. The smallest absolute Gasteiger partial charge is 0.406 e. The second-order valence-electron chi connectivity index (χ2n) is 12.3. The summed E-state index contributed by atoms with van der Waals surface area (Å²) in [6.07, 6.45) is -2.35. The summed E-state index contributed by atoms with van der Waals surface area (Å²) in [5.41, 5.74) is 6.65. The monoisotopic (exact) mass is 753 g/mol. The molecule has 0 radical (unpaired) electrons. The lowest BCUT2D eigenvalue weighted by Gasteiger charge is -2.40. The van der Waals surface area contributed by atoms with Gasteiger partial charge in [-0.3, -0.25) is 9.78 Å². The lowest BCUT2D eigenvalue weighted by molar-refractivity contribution is -0.274. The Morgan fingerprint density at radius 2 is 1.62 bits per heavy atom. The number of hydrogen-bond acceptors (Lipinski definition) is 7. The summed E-state index contributed by atoms with van der Waals surface area (Å²) >= 11 is 0. The fourth-order valence-corrected chi connectivity index (χ4v) is 8.18. The Balaban J connectivity index is 1.32. The zero-order chi connectivity index (χ0) is 37.8. The van der Waals surface area contributed by atoms with E-state index in [4.69, 9.17) is 5.73 Å². The highest BCUT2D eigenvalue weighted by Gasteiger charge is 2.38.